The minimum Gasteiger partial charge on any atom is -0.508 e. The lowest BCUT2D eigenvalue weighted by Crippen LogP contribution is -2.12. The molecule has 0 atom stereocenters. The molecule has 3 N–H and O–H groups in total. The Kier molecular flexibility index (Phi) is 11.8. The van der Waals surface area contributed by atoms with Crippen molar-refractivity contribution in [2.24, 2.45) is 0 Å². The Hall–Kier alpha value is -4.13. The van der Waals surface area contributed by atoms with Gasteiger partial charge >= 0.3 is 5.97 Å². The zero-order chi connectivity index (χ0) is 30.6. The first kappa shape index (κ1) is 31.8. The number of amides is 1. The van der Waals surface area contributed by atoms with Crippen LogP contribution in [0.5, 0.6) is 5.75 Å². The third-order valence-electron chi connectivity index (χ3n) is 7.99. The molecule has 0 radical (unpaired) electrons. The number of rotatable bonds is 17. The van der Waals surface area contributed by atoms with Crippen molar-refractivity contribution in [2.75, 3.05) is 5.32 Å². The van der Waals surface area contributed by atoms with Gasteiger partial charge in [-0.2, -0.15) is 0 Å². The Bertz CT molecular complexity index is 1560. The summed E-state index contributed by atoms with van der Waals surface area (Å²) in [6.45, 7) is 2.25. The molecule has 0 unspecified atom stereocenters. The molecule has 2 aliphatic rings. The molecule has 1 aliphatic heterocycles. The van der Waals surface area contributed by atoms with E-state index in [0.29, 0.717) is 39.8 Å². The number of nitrogens with one attached hydrogen (secondary N) is 1. The van der Waals surface area contributed by atoms with Crippen LogP contribution in [0.25, 0.3) is 33.4 Å². The average Bonchev–Trinajstić information content (AvgIpc) is 2.98. The summed E-state index contributed by atoms with van der Waals surface area (Å²) >= 11 is 0. The van der Waals surface area contributed by atoms with Gasteiger partial charge in [0.2, 0.25) is 5.91 Å². The van der Waals surface area contributed by atoms with Crippen molar-refractivity contribution in [3.05, 3.63) is 70.4 Å². The molecule has 1 heterocycles. The summed E-state index contributed by atoms with van der Waals surface area (Å²) in [6.07, 6.45) is 16.5. The minimum absolute atomic E-state index is 0.00633. The smallest absolute Gasteiger partial charge is 0.336 e. The highest BCUT2D eigenvalue weighted by Gasteiger charge is 2.22. The molecule has 7 nitrogen and oxygen atoms in total. The SMILES string of the molecule is CCCCCCCCCCCCCCCC(=O)Nc1ccc(-c2c3ccc(=O)cc-3oc3cc(O)ccc23)c(C(=O)O)c1. The maximum Gasteiger partial charge on any atom is 0.336 e. The molecule has 1 amide bonds. The summed E-state index contributed by atoms with van der Waals surface area (Å²) in [7, 11) is 0. The maximum atomic E-state index is 12.6. The van der Waals surface area contributed by atoms with Gasteiger partial charge in [0, 0.05) is 40.8 Å². The van der Waals surface area contributed by atoms with E-state index in [1.54, 1.807) is 24.3 Å². The third kappa shape index (κ3) is 8.93. The summed E-state index contributed by atoms with van der Waals surface area (Å²) < 4.78 is 5.88. The molecule has 2 aromatic carbocycles. The number of phenols is 1. The van der Waals surface area contributed by atoms with Crippen LogP contribution in [-0.4, -0.2) is 22.1 Å². The molecule has 43 heavy (non-hydrogen) atoms. The van der Waals surface area contributed by atoms with Crippen LogP contribution in [0.15, 0.2) is 63.8 Å². The maximum absolute atomic E-state index is 12.6. The van der Waals surface area contributed by atoms with Crippen LogP contribution in [0.2, 0.25) is 0 Å². The van der Waals surface area contributed by atoms with Gasteiger partial charge in [0.15, 0.2) is 5.43 Å². The monoisotopic (exact) mass is 585 g/mol. The van der Waals surface area contributed by atoms with E-state index < -0.39 is 5.97 Å². The van der Waals surface area contributed by atoms with E-state index in [2.05, 4.69) is 12.2 Å². The minimum atomic E-state index is -1.15. The van der Waals surface area contributed by atoms with Crippen LogP contribution in [0.3, 0.4) is 0 Å². The molecule has 2 aromatic rings. The number of anilines is 1. The lowest BCUT2D eigenvalue weighted by molar-refractivity contribution is -0.116. The number of carbonyl (C=O) groups excluding carboxylic acids is 1. The Morgan fingerprint density at radius 2 is 1.37 bits per heavy atom. The second-order valence-corrected chi connectivity index (χ2v) is 11.4. The summed E-state index contributed by atoms with van der Waals surface area (Å²) in [4.78, 5) is 37.1. The van der Waals surface area contributed by atoms with Crippen LogP contribution in [0.4, 0.5) is 5.69 Å². The van der Waals surface area contributed by atoms with Crippen LogP contribution >= 0.6 is 0 Å². The van der Waals surface area contributed by atoms with E-state index in [-0.39, 0.29) is 28.4 Å². The van der Waals surface area contributed by atoms with Gasteiger partial charge in [-0.05, 0) is 48.4 Å². The lowest BCUT2D eigenvalue weighted by Gasteiger charge is -2.17. The standard InChI is InChI=1S/C36H43NO6/c1-2-3-4-5-6-7-8-9-10-11-12-13-14-15-34(40)37-25-16-19-28(31(22-25)36(41)42)35-29-20-17-26(38)23-32(29)43-33-24-27(39)18-21-30(33)35/h16-24,38H,2-15H2,1H3,(H,37,40)(H,41,42). The molecule has 0 saturated carbocycles. The predicted octanol–water partition coefficient (Wildman–Crippen LogP) is 9.39. The number of benzene rings is 3. The number of carbonyl (C=O) groups is 2. The van der Waals surface area contributed by atoms with Gasteiger partial charge in [0.05, 0.1) is 5.56 Å². The molecule has 0 spiro atoms. The second-order valence-electron chi connectivity index (χ2n) is 11.4. The van der Waals surface area contributed by atoms with E-state index in [0.717, 1.165) is 19.3 Å². The van der Waals surface area contributed by atoms with Crippen LogP contribution < -0.4 is 10.7 Å². The molecule has 1 aliphatic carbocycles. The number of hydrogen-bond acceptors (Lipinski definition) is 5. The first-order chi connectivity index (χ1) is 20.9. The largest absolute Gasteiger partial charge is 0.508 e. The predicted molar refractivity (Wildman–Crippen MR) is 172 cm³/mol. The fourth-order valence-corrected chi connectivity index (χ4v) is 5.69. The fraction of sp³-hybridized carbons (Fsp3) is 0.417. The highest BCUT2D eigenvalue weighted by atomic mass is 16.4. The molecule has 0 bridgehead atoms. The van der Waals surface area contributed by atoms with Crippen molar-refractivity contribution in [2.45, 2.75) is 96.8 Å². The summed E-state index contributed by atoms with van der Waals surface area (Å²) in [5, 5.41) is 23.6. The van der Waals surface area contributed by atoms with Crippen LogP contribution in [0, 0.1) is 0 Å². The Balaban J connectivity index is 1.34. The van der Waals surface area contributed by atoms with Crippen LogP contribution in [0.1, 0.15) is 107 Å². The summed E-state index contributed by atoms with van der Waals surface area (Å²) in [6, 6.07) is 13.8. The Labute approximate surface area is 253 Å². The van der Waals surface area contributed by atoms with E-state index in [1.165, 1.54) is 94.5 Å². The number of aromatic carboxylic acids is 1. The number of phenolic OH excluding ortho intramolecular Hbond substituents is 1. The highest BCUT2D eigenvalue weighted by molar-refractivity contribution is 6.08. The topological polar surface area (TPSA) is 117 Å². The third-order valence-corrected chi connectivity index (χ3v) is 7.99. The van der Waals surface area contributed by atoms with Crippen molar-refractivity contribution < 1.29 is 24.2 Å². The Morgan fingerprint density at radius 1 is 0.744 bits per heavy atom. The highest BCUT2D eigenvalue weighted by Crippen LogP contribution is 2.42. The van der Waals surface area contributed by atoms with Gasteiger partial charge in [-0.25, -0.2) is 4.79 Å². The molecular formula is C36H43NO6. The molecule has 0 aromatic heterocycles. The van der Waals surface area contributed by atoms with Gasteiger partial charge in [-0.15, -0.1) is 0 Å². The van der Waals surface area contributed by atoms with Crippen molar-refractivity contribution in [3.63, 3.8) is 0 Å². The van der Waals surface area contributed by atoms with E-state index in [4.69, 9.17) is 4.42 Å². The zero-order valence-corrected chi connectivity index (χ0v) is 25.1. The van der Waals surface area contributed by atoms with Gasteiger partial charge in [0.1, 0.15) is 17.1 Å². The van der Waals surface area contributed by atoms with Gasteiger partial charge in [-0.1, -0.05) is 90.0 Å². The van der Waals surface area contributed by atoms with E-state index in [9.17, 15) is 24.6 Å². The average molecular weight is 586 g/mol. The normalized spacial score (nSPS) is 11.3. The zero-order valence-electron chi connectivity index (χ0n) is 25.1. The second kappa shape index (κ2) is 15.9. The summed E-state index contributed by atoms with van der Waals surface area (Å²) in [5.74, 6) is -1.02. The number of fused-ring (bicyclic) bond motifs is 2. The first-order valence-corrected chi connectivity index (χ1v) is 15.7. The van der Waals surface area contributed by atoms with Crippen molar-refractivity contribution in [3.8, 4) is 28.2 Å². The fourth-order valence-electron chi connectivity index (χ4n) is 5.69. The number of unbranched alkanes of at least 4 members (excludes halogenated alkanes) is 12. The van der Waals surface area contributed by atoms with E-state index in [1.807, 2.05) is 0 Å². The van der Waals surface area contributed by atoms with Crippen molar-refractivity contribution in [1.29, 1.82) is 0 Å². The molecule has 228 valence electrons. The number of carboxylic acid groups (broad SMARTS) is 1. The molecule has 0 saturated heterocycles. The Morgan fingerprint density at radius 3 is 2.02 bits per heavy atom. The molecule has 4 rings (SSSR count). The first-order valence-electron chi connectivity index (χ1n) is 15.7. The number of carboxylic acids is 1. The lowest BCUT2D eigenvalue weighted by atomic mass is 9.90. The quantitative estimate of drug-likeness (QED) is 0.0839. The summed E-state index contributed by atoms with van der Waals surface area (Å²) in [5.41, 5.74) is 2.04. The van der Waals surface area contributed by atoms with Crippen LogP contribution in [-0.2, 0) is 4.79 Å². The van der Waals surface area contributed by atoms with Gasteiger partial charge in [0.25, 0.3) is 0 Å². The molecule has 7 heteroatoms. The number of hydrogen-bond donors (Lipinski definition) is 3. The van der Waals surface area contributed by atoms with Crippen molar-refractivity contribution in [1.82, 2.24) is 0 Å². The number of aromatic hydroxyl groups is 1. The van der Waals surface area contributed by atoms with E-state index >= 15 is 0 Å². The van der Waals surface area contributed by atoms with Gasteiger partial charge in [-0.3, -0.25) is 9.59 Å². The molecule has 0 fully saturated rings. The van der Waals surface area contributed by atoms with Crippen molar-refractivity contribution >= 4 is 28.5 Å². The molecular weight excluding hydrogens is 542 g/mol. The van der Waals surface area contributed by atoms with Gasteiger partial charge < -0.3 is 19.9 Å².